The molecule has 0 aliphatic heterocycles. The number of sulfonamides is 1. The molecule has 2 aromatic rings. The van der Waals surface area contributed by atoms with Crippen LogP contribution in [-0.4, -0.2) is 14.3 Å². The van der Waals surface area contributed by atoms with Gasteiger partial charge in [-0.2, -0.15) is 0 Å². The van der Waals surface area contributed by atoms with Crippen molar-refractivity contribution in [1.82, 2.24) is 10.3 Å². The summed E-state index contributed by atoms with van der Waals surface area (Å²) >= 11 is 5.72. The molecule has 2 N–H and O–H groups in total. The number of hydrazine groups is 1. The molecular formula is C14H13ClN2O3S. The quantitative estimate of drug-likeness (QED) is 0.847. The van der Waals surface area contributed by atoms with E-state index in [1.54, 1.807) is 24.3 Å². The Hall–Kier alpha value is -1.89. The molecule has 0 aliphatic rings. The Kier molecular flexibility index (Phi) is 4.62. The van der Waals surface area contributed by atoms with Crippen molar-refractivity contribution in [3.05, 3.63) is 64.7 Å². The maximum absolute atomic E-state index is 12.0. The van der Waals surface area contributed by atoms with Crippen LogP contribution in [0.2, 0.25) is 5.02 Å². The highest BCUT2D eigenvalue weighted by Gasteiger charge is 2.15. The highest BCUT2D eigenvalue weighted by molar-refractivity contribution is 7.89. The number of aryl methyl sites for hydroxylation is 1. The van der Waals surface area contributed by atoms with Gasteiger partial charge in [0.1, 0.15) is 0 Å². The van der Waals surface area contributed by atoms with Gasteiger partial charge in [-0.15, -0.1) is 4.83 Å². The maximum Gasteiger partial charge on any atom is 0.266 e. The van der Waals surface area contributed by atoms with Gasteiger partial charge in [-0.1, -0.05) is 29.3 Å². The number of nitrogens with one attached hydrogen (secondary N) is 2. The average molecular weight is 325 g/mol. The van der Waals surface area contributed by atoms with Gasteiger partial charge in [-0.25, -0.2) is 8.42 Å². The van der Waals surface area contributed by atoms with Gasteiger partial charge in [-0.3, -0.25) is 10.2 Å². The third-order valence-electron chi connectivity index (χ3n) is 2.74. The van der Waals surface area contributed by atoms with E-state index in [1.165, 1.54) is 24.3 Å². The van der Waals surface area contributed by atoms with Crippen LogP contribution in [0.15, 0.2) is 53.4 Å². The molecule has 5 nitrogen and oxygen atoms in total. The minimum atomic E-state index is -3.80. The third-order valence-corrected chi connectivity index (χ3v) is 4.25. The monoisotopic (exact) mass is 324 g/mol. The fourth-order valence-corrected chi connectivity index (χ4v) is 2.53. The standard InChI is InChI=1S/C14H13ClN2O3S/c1-10-2-8-13(9-3-10)21(19,20)17-16-14(18)11-4-6-12(15)7-5-11/h2-9,17H,1H3,(H,16,18). The van der Waals surface area contributed by atoms with Crippen molar-refractivity contribution in [2.75, 3.05) is 0 Å². The van der Waals surface area contributed by atoms with Crippen molar-refractivity contribution < 1.29 is 13.2 Å². The fourth-order valence-electron chi connectivity index (χ4n) is 1.56. The van der Waals surface area contributed by atoms with Crippen molar-refractivity contribution in [3.63, 3.8) is 0 Å². The van der Waals surface area contributed by atoms with E-state index >= 15 is 0 Å². The molecule has 0 bridgehead atoms. The Morgan fingerprint density at radius 3 is 2.14 bits per heavy atom. The first kappa shape index (κ1) is 15.5. The summed E-state index contributed by atoms with van der Waals surface area (Å²) in [5.74, 6) is -0.567. The lowest BCUT2D eigenvalue weighted by Gasteiger charge is -2.08. The Balaban J connectivity index is 2.06. The number of hydrogen-bond acceptors (Lipinski definition) is 3. The van der Waals surface area contributed by atoms with E-state index in [2.05, 4.69) is 5.43 Å². The molecule has 7 heteroatoms. The number of halogens is 1. The van der Waals surface area contributed by atoms with Crippen LogP contribution in [0, 0.1) is 6.92 Å². The van der Waals surface area contributed by atoms with E-state index in [9.17, 15) is 13.2 Å². The lowest BCUT2D eigenvalue weighted by atomic mass is 10.2. The second kappa shape index (κ2) is 6.26. The van der Waals surface area contributed by atoms with E-state index in [0.717, 1.165) is 5.56 Å². The van der Waals surface area contributed by atoms with Gasteiger partial charge in [0.2, 0.25) is 0 Å². The van der Waals surface area contributed by atoms with Crippen LogP contribution >= 0.6 is 11.6 Å². The van der Waals surface area contributed by atoms with Crippen LogP contribution in [0.25, 0.3) is 0 Å². The zero-order valence-electron chi connectivity index (χ0n) is 11.1. The minimum absolute atomic E-state index is 0.0736. The summed E-state index contributed by atoms with van der Waals surface area (Å²) in [5, 5.41) is 0.492. The summed E-state index contributed by atoms with van der Waals surface area (Å²) in [6.45, 7) is 1.85. The van der Waals surface area contributed by atoms with Gasteiger partial charge < -0.3 is 0 Å². The van der Waals surface area contributed by atoms with Crippen LogP contribution in [0.4, 0.5) is 0 Å². The molecule has 0 atom stereocenters. The van der Waals surface area contributed by atoms with Gasteiger partial charge in [0, 0.05) is 10.6 Å². The van der Waals surface area contributed by atoms with Crippen LogP contribution in [0.5, 0.6) is 0 Å². The summed E-state index contributed by atoms with van der Waals surface area (Å²) in [5.41, 5.74) is 3.39. The lowest BCUT2D eigenvalue weighted by Crippen LogP contribution is -2.41. The molecule has 1 amide bonds. The zero-order chi connectivity index (χ0) is 15.5. The first-order valence-corrected chi connectivity index (χ1v) is 7.89. The number of carbonyl (C=O) groups is 1. The Labute approximate surface area is 128 Å². The number of rotatable bonds is 4. The number of amides is 1. The molecule has 2 aromatic carbocycles. The third kappa shape index (κ3) is 4.04. The normalized spacial score (nSPS) is 11.1. The largest absolute Gasteiger partial charge is 0.273 e. The van der Waals surface area contributed by atoms with Crippen LogP contribution in [0.1, 0.15) is 15.9 Å². The van der Waals surface area contributed by atoms with Gasteiger partial charge in [0.25, 0.3) is 15.9 Å². The molecule has 0 radical (unpaired) electrons. The van der Waals surface area contributed by atoms with Crippen molar-refractivity contribution >= 4 is 27.5 Å². The smallest absolute Gasteiger partial charge is 0.266 e. The molecule has 21 heavy (non-hydrogen) atoms. The molecule has 0 aliphatic carbocycles. The Morgan fingerprint density at radius 1 is 1.00 bits per heavy atom. The number of carbonyl (C=O) groups excluding carboxylic acids is 1. The Bertz CT molecular complexity index is 741. The van der Waals surface area contributed by atoms with E-state index in [0.29, 0.717) is 10.6 Å². The Morgan fingerprint density at radius 2 is 1.57 bits per heavy atom. The lowest BCUT2D eigenvalue weighted by molar-refractivity contribution is 0.0945. The van der Waals surface area contributed by atoms with Gasteiger partial charge >= 0.3 is 0 Å². The first-order chi connectivity index (χ1) is 9.88. The average Bonchev–Trinajstić information content (AvgIpc) is 2.46. The predicted molar refractivity (Wildman–Crippen MR) is 80.4 cm³/mol. The van der Waals surface area contributed by atoms with E-state index in [4.69, 9.17) is 11.6 Å². The van der Waals surface area contributed by atoms with E-state index < -0.39 is 15.9 Å². The highest BCUT2D eigenvalue weighted by Crippen LogP contribution is 2.10. The van der Waals surface area contributed by atoms with Crippen LogP contribution in [0.3, 0.4) is 0 Å². The molecule has 2 rings (SSSR count). The van der Waals surface area contributed by atoms with Gasteiger partial charge in [0.05, 0.1) is 4.90 Å². The molecule has 0 spiro atoms. The maximum atomic E-state index is 12.0. The molecule has 0 saturated heterocycles. The number of hydrogen-bond donors (Lipinski definition) is 2. The SMILES string of the molecule is Cc1ccc(S(=O)(=O)NNC(=O)c2ccc(Cl)cc2)cc1. The van der Waals surface area contributed by atoms with Crippen molar-refractivity contribution in [3.8, 4) is 0 Å². The number of benzene rings is 2. The van der Waals surface area contributed by atoms with E-state index in [1.807, 2.05) is 11.8 Å². The molecule has 0 heterocycles. The summed E-state index contributed by atoms with van der Waals surface area (Å²) in [6.07, 6.45) is 0. The summed E-state index contributed by atoms with van der Waals surface area (Å²) in [4.78, 5) is 13.9. The molecule has 0 saturated carbocycles. The topological polar surface area (TPSA) is 75.3 Å². The zero-order valence-corrected chi connectivity index (χ0v) is 12.7. The minimum Gasteiger partial charge on any atom is -0.273 e. The molecule has 0 fully saturated rings. The van der Waals surface area contributed by atoms with Crippen LogP contribution < -0.4 is 10.3 Å². The fraction of sp³-hybridized carbons (Fsp3) is 0.0714. The van der Waals surface area contributed by atoms with Gasteiger partial charge in [-0.05, 0) is 43.3 Å². The van der Waals surface area contributed by atoms with Crippen LogP contribution in [-0.2, 0) is 10.0 Å². The summed E-state index contributed by atoms with van der Waals surface area (Å²) in [7, 11) is -3.80. The van der Waals surface area contributed by atoms with Crippen molar-refractivity contribution in [2.45, 2.75) is 11.8 Å². The second-order valence-corrected chi connectivity index (χ2v) is 6.50. The highest BCUT2D eigenvalue weighted by atomic mass is 35.5. The molecule has 0 unspecified atom stereocenters. The van der Waals surface area contributed by atoms with E-state index in [-0.39, 0.29) is 4.90 Å². The van der Waals surface area contributed by atoms with Crippen molar-refractivity contribution in [1.29, 1.82) is 0 Å². The van der Waals surface area contributed by atoms with Crippen molar-refractivity contribution in [2.24, 2.45) is 0 Å². The molecule has 110 valence electrons. The second-order valence-electron chi connectivity index (χ2n) is 4.38. The summed E-state index contributed by atoms with van der Waals surface area (Å²) in [6, 6.07) is 12.4. The molecular weight excluding hydrogens is 312 g/mol. The first-order valence-electron chi connectivity index (χ1n) is 6.03. The van der Waals surface area contributed by atoms with Gasteiger partial charge in [0.15, 0.2) is 0 Å². The molecule has 0 aromatic heterocycles. The summed E-state index contributed by atoms with van der Waals surface area (Å²) < 4.78 is 24.0. The predicted octanol–water partition coefficient (Wildman–Crippen LogP) is 2.27.